The summed E-state index contributed by atoms with van der Waals surface area (Å²) < 4.78 is 7.21. The Morgan fingerprint density at radius 2 is 1.75 bits per heavy atom. The zero-order valence-electron chi connectivity index (χ0n) is 17.5. The number of carbonyl (C=O) groups excluding carboxylic acids is 2. The van der Waals surface area contributed by atoms with Crippen molar-refractivity contribution in [3.05, 3.63) is 101 Å². The van der Waals surface area contributed by atoms with Crippen LogP contribution in [-0.4, -0.2) is 35.4 Å². The van der Waals surface area contributed by atoms with E-state index in [2.05, 4.69) is 10.7 Å². The highest BCUT2D eigenvalue weighted by molar-refractivity contribution is 6.30. The van der Waals surface area contributed by atoms with E-state index >= 15 is 0 Å². The van der Waals surface area contributed by atoms with Crippen molar-refractivity contribution in [1.29, 1.82) is 0 Å². The van der Waals surface area contributed by atoms with Gasteiger partial charge in [-0.3, -0.25) is 9.59 Å². The van der Waals surface area contributed by atoms with E-state index in [9.17, 15) is 9.59 Å². The molecule has 4 rings (SSSR count). The van der Waals surface area contributed by atoms with E-state index in [-0.39, 0.29) is 11.8 Å². The van der Waals surface area contributed by atoms with Crippen LogP contribution >= 0.6 is 11.6 Å². The summed E-state index contributed by atoms with van der Waals surface area (Å²) in [6, 6.07) is 22.4. The SMILES string of the molecule is CCOc1ccc(/C=[N+]2\NC(=O)[C@@H](NC(=O)c3ccccc3)[C@H]2c2ccc(Cl)cc2)cc1. The van der Waals surface area contributed by atoms with E-state index < -0.39 is 12.1 Å². The molecule has 0 aromatic heterocycles. The average molecular weight is 449 g/mol. The summed E-state index contributed by atoms with van der Waals surface area (Å²) >= 11 is 6.07. The van der Waals surface area contributed by atoms with Gasteiger partial charge in [-0.05, 0) is 55.5 Å². The molecule has 1 saturated heterocycles. The van der Waals surface area contributed by atoms with Gasteiger partial charge in [0.1, 0.15) is 5.75 Å². The van der Waals surface area contributed by atoms with E-state index in [1.807, 2.05) is 55.6 Å². The molecule has 2 atom stereocenters. The lowest BCUT2D eigenvalue weighted by Gasteiger charge is -2.15. The van der Waals surface area contributed by atoms with Crippen molar-refractivity contribution in [3.8, 4) is 5.75 Å². The summed E-state index contributed by atoms with van der Waals surface area (Å²) in [5.74, 6) is 0.168. The van der Waals surface area contributed by atoms with Gasteiger partial charge in [0.2, 0.25) is 12.3 Å². The number of ether oxygens (including phenoxy) is 1. The summed E-state index contributed by atoms with van der Waals surface area (Å²) in [6.07, 6.45) is 1.83. The van der Waals surface area contributed by atoms with Crippen LogP contribution in [0.2, 0.25) is 5.02 Å². The number of hydrogen-bond donors (Lipinski definition) is 2. The van der Waals surface area contributed by atoms with Crippen LogP contribution in [0.3, 0.4) is 0 Å². The van der Waals surface area contributed by atoms with E-state index in [1.165, 1.54) is 0 Å². The third-order valence-electron chi connectivity index (χ3n) is 5.15. The molecule has 0 bridgehead atoms. The molecule has 2 N–H and O–H groups in total. The van der Waals surface area contributed by atoms with E-state index in [1.54, 1.807) is 41.1 Å². The first-order valence-electron chi connectivity index (χ1n) is 10.3. The van der Waals surface area contributed by atoms with Gasteiger partial charge < -0.3 is 10.1 Å². The standard InChI is InChI=1S/C25H22ClN3O3/c1-2-32-21-14-8-17(9-15-21)16-29-23(18-10-12-20(26)13-11-18)22(25(31)28-29)27-24(30)19-6-4-3-5-7-19/h3-16,22-23H,2H2,1H3,(H-,27,28,30,31)/p+1/b29-16-/t22-,23+/m0/s1. The van der Waals surface area contributed by atoms with E-state index in [0.29, 0.717) is 17.2 Å². The quantitative estimate of drug-likeness (QED) is 0.564. The zero-order valence-corrected chi connectivity index (χ0v) is 18.3. The van der Waals surface area contributed by atoms with Gasteiger partial charge in [-0.15, -0.1) is 10.1 Å². The Kier molecular flexibility index (Phi) is 6.52. The lowest BCUT2D eigenvalue weighted by atomic mass is 10.00. The normalized spacial score (nSPS) is 18.9. The van der Waals surface area contributed by atoms with E-state index in [0.717, 1.165) is 16.9 Å². The number of nitrogens with one attached hydrogen (secondary N) is 2. The molecule has 7 heteroatoms. The lowest BCUT2D eigenvalue weighted by Crippen LogP contribution is -2.42. The van der Waals surface area contributed by atoms with Crippen LogP contribution in [0.5, 0.6) is 5.75 Å². The number of hydrogen-bond acceptors (Lipinski definition) is 3. The monoisotopic (exact) mass is 448 g/mol. The Hall–Kier alpha value is -3.64. The van der Waals surface area contributed by atoms with Crippen molar-refractivity contribution >= 4 is 29.6 Å². The van der Waals surface area contributed by atoms with E-state index in [4.69, 9.17) is 16.3 Å². The molecule has 1 heterocycles. The average Bonchev–Trinajstić information content (AvgIpc) is 3.11. The van der Waals surface area contributed by atoms with Gasteiger partial charge in [-0.25, -0.2) is 0 Å². The molecule has 162 valence electrons. The smallest absolute Gasteiger partial charge is 0.304 e. The Labute approximate surface area is 191 Å². The highest BCUT2D eigenvalue weighted by Crippen LogP contribution is 2.27. The predicted octanol–water partition coefficient (Wildman–Crippen LogP) is 3.75. The second-order valence-electron chi connectivity index (χ2n) is 7.33. The third-order valence-corrected chi connectivity index (χ3v) is 5.40. The molecule has 0 radical (unpaired) electrons. The first-order chi connectivity index (χ1) is 15.5. The van der Waals surface area contributed by atoms with Gasteiger partial charge in [0, 0.05) is 21.7 Å². The van der Waals surface area contributed by atoms with Gasteiger partial charge in [0.15, 0.2) is 6.04 Å². The van der Waals surface area contributed by atoms with Crippen LogP contribution in [0.1, 0.15) is 34.5 Å². The second kappa shape index (κ2) is 9.66. The largest absolute Gasteiger partial charge is 0.494 e. The maximum absolute atomic E-state index is 12.9. The highest BCUT2D eigenvalue weighted by Gasteiger charge is 2.47. The van der Waals surface area contributed by atoms with Crippen molar-refractivity contribution in [2.75, 3.05) is 6.61 Å². The molecular formula is C25H23ClN3O3+. The molecule has 1 aliphatic heterocycles. The number of benzene rings is 3. The molecule has 0 aliphatic carbocycles. The van der Waals surface area contributed by atoms with Gasteiger partial charge >= 0.3 is 5.91 Å². The Morgan fingerprint density at radius 1 is 1.06 bits per heavy atom. The summed E-state index contributed by atoms with van der Waals surface area (Å²) in [4.78, 5) is 25.7. The minimum atomic E-state index is -0.789. The Morgan fingerprint density at radius 3 is 2.41 bits per heavy atom. The van der Waals surface area contributed by atoms with Crippen LogP contribution in [0.4, 0.5) is 0 Å². The molecule has 0 unspecified atom stereocenters. The fourth-order valence-corrected chi connectivity index (χ4v) is 3.76. The van der Waals surface area contributed by atoms with Crippen LogP contribution in [-0.2, 0) is 4.79 Å². The summed E-state index contributed by atoms with van der Waals surface area (Å²) in [5, 5.41) is 3.48. The topological polar surface area (TPSA) is 70.4 Å². The van der Waals surface area contributed by atoms with Crippen molar-refractivity contribution in [3.63, 3.8) is 0 Å². The molecule has 3 aromatic rings. The maximum atomic E-state index is 12.9. The first-order valence-corrected chi connectivity index (χ1v) is 10.7. The molecule has 0 saturated carbocycles. The first kappa shape index (κ1) is 21.6. The fraction of sp³-hybridized carbons (Fsp3) is 0.160. The highest BCUT2D eigenvalue weighted by atomic mass is 35.5. The maximum Gasteiger partial charge on any atom is 0.304 e. The Bertz CT molecular complexity index is 1130. The minimum absolute atomic E-state index is 0.295. The molecule has 6 nitrogen and oxygen atoms in total. The molecule has 3 aromatic carbocycles. The van der Waals surface area contributed by atoms with Crippen LogP contribution in [0.25, 0.3) is 0 Å². The molecule has 2 amide bonds. The number of amides is 2. The van der Waals surface area contributed by atoms with Gasteiger partial charge in [-0.1, -0.05) is 41.9 Å². The van der Waals surface area contributed by atoms with Crippen LogP contribution in [0.15, 0.2) is 78.9 Å². The molecule has 1 fully saturated rings. The molecular weight excluding hydrogens is 426 g/mol. The third kappa shape index (κ3) is 4.81. The van der Waals surface area contributed by atoms with Gasteiger partial charge in [-0.2, -0.15) is 0 Å². The zero-order chi connectivity index (χ0) is 22.5. The number of hydrazine groups is 1. The second-order valence-corrected chi connectivity index (χ2v) is 7.76. The molecule has 1 aliphatic rings. The van der Waals surface area contributed by atoms with Crippen LogP contribution in [0, 0.1) is 0 Å². The van der Waals surface area contributed by atoms with Crippen LogP contribution < -0.4 is 15.5 Å². The molecule has 0 spiro atoms. The number of nitrogens with zero attached hydrogens (tertiary/aromatic N) is 1. The number of rotatable bonds is 6. The van der Waals surface area contributed by atoms with Crippen molar-refractivity contribution in [1.82, 2.24) is 10.7 Å². The minimum Gasteiger partial charge on any atom is -0.494 e. The number of halogens is 1. The summed E-state index contributed by atoms with van der Waals surface area (Å²) in [6.45, 7) is 2.52. The summed E-state index contributed by atoms with van der Waals surface area (Å²) in [7, 11) is 0. The van der Waals surface area contributed by atoms with Crippen molar-refractivity contribution in [2.45, 2.75) is 19.0 Å². The number of hydrazone groups is 1. The number of carbonyl (C=O) groups is 2. The predicted molar refractivity (Wildman–Crippen MR) is 123 cm³/mol. The summed E-state index contributed by atoms with van der Waals surface area (Å²) in [5.41, 5.74) is 5.08. The Balaban J connectivity index is 1.67. The lowest BCUT2D eigenvalue weighted by molar-refractivity contribution is -0.596. The van der Waals surface area contributed by atoms with Gasteiger partial charge in [0.25, 0.3) is 5.91 Å². The van der Waals surface area contributed by atoms with Crippen molar-refractivity contribution in [2.24, 2.45) is 0 Å². The van der Waals surface area contributed by atoms with Gasteiger partial charge in [0.05, 0.1) is 6.61 Å². The molecule has 32 heavy (non-hydrogen) atoms. The van der Waals surface area contributed by atoms with Crippen molar-refractivity contribution < 1.29 is 19.0 Å². The fourth-order valence-electron chi connectivity index (χ4n) is 3.63.